The van der Waals surface area contributed by atoms with Crippen LogP contribution in [0.5, 0.6) is 0 Å². The second-order valence-electron chi connectivity index (χ2n) is 3.30. The number of rotatable bonds is 2. The predicted molar refractivity (Wildman–Crippen MR) is 67.9 cm³/mol. The lowest BCUT2D eigenvalue weighted by molar-refractivity contribution is 1.03. The van der Waals surface area contributed by atoms with Gasteiger partial charge in [0.1, 0.15) is 9.61 Å². The van der Waals surface area contributed by atoms with Crippen LogP contribution in [0, 0.1) is 6.92 Å². The molecule has 0 amide bonds. The molecule has 2 rings (SSSR count). The normalized spacial score (nSPS) is 10.6. The zero-order valence-electron chi connectivity index (χ0n) is 8.33. The Balaban J connectivity index is 2.48. The first-order chi connectivity index (χ1) is 7.20. The summed E-state index contributed by atoms with van der Waals surface area (Å²) in [7, 11) is 0. The predicted octanol–water partition coefficient (Wildman–Crippen LogP) is 3.34. The van der Waals surface area contributed by atoms with Gasteiger partial charge in [0.25, 0.3) is 0 Å². The molecule has 0 spiro atoms. The van der Waals surface area contributed by atoms with E-state index in [2.05, 4.69) is 52.1 Å². The van der Waals surface area contributed by atoms with Crippen molar-refractivity contribution in [2.24, 2.45) is 5.73 Å². The average molecular weight is 283 g/mol. The van der Waals surface area contributed by atoms with Gasteiger partial charge in [-0.1, -0.05) is 29.8 Å². The summed E-state index contributed by atoms with van der Waals surface area (Å²) in [6, 6.07) is 8.38. The van der Waals surface area contributed by atoms with Gasteiger partial charge in [-0.3, -0.25) is 0 Å². The van der Waals surface area contributed by atoms with E-state index in [0.29, 0.717) is 6.54 Å². The molecule has 0 saturated heterocycles. The van der Waals surface area contributed by atoms with Crippen molar-refractivity contribution in [3.05, 3.63) is 39.4 Å². The lowest BCUT2D eigenvalue weighted by Gasteiger charge is -1.98. The molecule has 0 unspecified atom stereocenters. The van der Waals surface area contributed by atoms with Crippen LogP contribution in [0.2, 0.25) is 0 Å². The Morgan fingerprint density at radius 3 is 2.87 bits per heavy atom. The number of hydrogen-bond donors (Lipinski definition) is 1. The summed E-state index contributed by atoms with van der Waals surface area (Å²) in [6.07, 6.45) is 0. The van der Waals surface area contributed by atoms with Crippen LogP contribution in [0.15, 0.2) is 28.9 Å². The van der Waals surface area contributed by atoms with Crippen LogP contribution in [0.1, 0.15) is 10.6 Å². The third-order valence-corrected chi connectivity index (χ3v) is 4.05. The lowest BCUT2D eigenvalue weighted by Crippen LogP contribution is -1.93. The van der Waals surface area contributed by atoms with Crippen molar-refractivity contribution in [3.63, 3.8) is 0 Å². The first kappa shape index (κ1) is 10.8. The minimum atomic E-state index is 0.495. The van der Waals surface area contributed by atoms with E-state index >= 15 is 0 Å². The van der Waals surface area contributed by atoms with Crippen LogP contribution in [-0.2, 0) is 6.54 Å². The molecule has 2 N–H and O–H groups in total. The summed E-state index contributed by atoms with van der Waals surface area (Å²) >= 11 is 5.10. The average Bonchev–Trinajstić information content (AvgIpc) is 2.60. The quantitative estimate of drug-likeness (QED) is 0.918. The lowest BCUT2D eigenvalue weighted by atomic mass is 10.1. The van der Waals surface area contributed by atoms with Crippen molar-refractivity contribution < 1.29 is 0 Å². The van der Waals surface area contributed by atoms with E-state index in [9.17, 15) is 0 Å². The largest absolute Gasteiger partial charge is 0.325 e. The van der Waals surface area contributed by atoms with Gasteiger partial charge in [0.2, 0.25) is 0 Å². The second kappa shape index (κ2) is 4.43. The van der Waals surface area contributed by atoms with Crippen LogP contribution >= 0.6 is 27.3 Å². The number of nitrogens with zero attached hydrogens (tertiary/aromatic N) is 1. The van der Waals surface area contributed by atoms with Crippen molar-refractivity contribution in [3.8, 4) is 10.4 Å². The van der Waals surface area contributed by atoms with Crippen molar-refractivity contribution >= 4 is 27.3 Å². The first-order valence-electron chi connectivity index (χ1n) is 4.63. The Bertz CT molecular complexity index is 479. The summed E-state index contributed by atoms with van der Waals surface area (Å²) in [4.78, 5) is 5.50. The SMILES string of the molecule is Cc1cccc(-c2sc(CN)nc2Br)c1. The summed E-state index contributed by atoms with van der Waals surface area (Å²) < 4.78 is 0.888. The topological polar surface area (TPSA) is 38.9 Å². The molecule has 1 aromatic carbocycles. The number of nitrogens with two attached hydrogens (primary N) is 1. The Morgan fingerprint density at radius 2 is 2.27 bits per heavy atom. The summed E-state index contributed by atoms with van der Waals surface area (Å²) in [5.74, 6) is 0. The van der Waals surface area contributed by atoms with E-state index in [1.54, 1.807) is 11.3 Å². The highest BCUT2D eigenvalue weighted by atomic mass is 79.9. The Morgan fingerprint density at radius 1 is 1.47 bits per heavy atom. The van der Waals surface area contributed by atoms with E-state index < -0.39 is 0 Å². The third kappa shape index (κ3) is 2.27. The van der Waals surface area contributed by atoms with E-state index in [0.717, 1.165) is 14.5 Å². The number of halogens is 1. The monoisotopic (exact) mass is 282 g/mol. The van der Waals surface area contributed by atoms with Crippen LogP contribution in [-0.4, -0.2) is 4.98 Å². The number of aryl methyl sites for hydroxylation is 1. The minimum Gasteiger partial charge on any atom is -0.325 e. The smallest absolute Gasteiger partial charge is 0.125 e. The number of hydrogen-bond acceptors (Lipinski definition) is 3. The van der Waals surface area contributed by atoms with Gasteiger partial charge < -0.3 is 5.73 Å². The van der Waals surface area contributed by atoms with Gasteiger partial charge in [0.15, 0.2) is 0 Å². The molecule has 0 aliphatic carbocycles. The van der Waals surface area contributed by atoms with Gasteiger partial charge >= 0.3 is 0 Å². The standard InChI is InChI=1S/C11H11BrN2S/c1-7-3-2-4-8(5-7)10-11(12)14-9(6-13)15-10/h2-5H,6,13H2,1H3. The van der Waals surface area contributed by atoms with Gasteiger partial charge in [0, 0.05) is 6.54 Å². The molecular formula is C11H11BrN2S. The van der Waals surface area contributed by atoms with Crippen LogP contribution in [0.3, 0.4) is 0 Å². The van der Waals surface area contributed by atoms with Gasteiger partial charge in [-0.15, -0.1) is 11.3 Å². The van der Waals surface area contributed by atoms with Crippen molar-refractivity contribution in [2.75, 3.05) is 0 Å². The zero-order chi connectivity index (χ0) is 10.8. The molecule has 2 nitrogen and oxygen atoms in total. The van der Waals surface area contributed by atoms with E-state index in [1.807, 2.05) is 0 Å². The van der Waals surface area contributed by atoms with Gasteiger partial charge in [-0.25, -0.2) is 4.98 Å². The minimum absolute atomic E-state index is 0.495. The maximum absolute atomic E-state index is 5.57. The molecule has 2 aromatic rings. The van der Waals surface area contributed by atoms with Gasteiger partial charge in [-0.05, 0) is 28.4 Å². The van der Waals surface area contributed by atoms with Gasteiger partial charge in [0.05, 0.1) is 4.88 Å². The fourth-order valence-electron chi connectivity index (χ4n) is 1.39. The van der Waals surface area contributed by atoms with Crippen molar-refractivity contribution in [1.29, 1.82) is 0 Å². The Hall–Kier alpha value is -0.710. The number of aromatic nitrogens is 1. The summed E-state index contributed by atoms with van der Waals surface area (Å²) in [5, 5.41) is 0.957. The van der Waals surface area contributed by atoms with Gasteiger partial charge in [-0.2, -0.15) is 0 Å². The molecule has 0 atom stereocenters. The molecule has 0 aliphatic heterocycles. The molecule has 0 radical (unpaired) electrons. The molecule has 15 heavy (non-hydrogen) atoms. The fraction of sp³-hybridized carbons (Fsp3) is 0.182. The van der Waals surface area contributed by atoms with Crippen molar-refractivity contribution in [1.82, 2.24) is 4.98 Å². The van der Waals surface area contributed by atoms with Crippen LogP contribution < -0.4 is 5.73 Å². The molecule has 1 aromatic heterocycles. The molecular weight excluding hydrogens is 272 g/mol. The van der Waals surface area contributed by atoms with Crippen molar-refractivity contribution in [2.45, 2.75) is 13.5 Å². The van der Waals surface area contributed by atoms with E-state index in [1.165, 1.54) is 11.1 Å². The van der Waals surface area contributed by atoms with E-state index in [4.69, 9.17) is 5.73 Å². The zero-order valence-corrected chi connectivity index (χ0v) is 10.7. The highest BCUT2D eigenvalue weighted by Crippen LogP contribution is 2.33. The maximum atomic E-state index is 5.57. The third-order valence-electron chi connectivity index (χ3n) is 2.08. The fourth-order valence-corrected chi connectivity index (χ4v) is 3.03. The molecule has 4 heteroatoms. The molecule has 0 bridgehead atoms. The second-order valence-corrected chi connectivity index (χ2v) is 5.14. The number of benzene rings is 1. The Kier molecular flexibility index (Phi) is 3.19. The highest BCUT2D eigenvalue weighted by Gasteiger charge is 2.09. The Labute approximate surface area is 101 Å². The number of thiazole rings is 1. The molecule has 0 aliphatic rings. The highest BCUT2D eigenvalue weighted by molar-refractivity contribution is 9.10. The molecule has 0 fully saturated rings. The molecule has 78 valence electrons. The van der Waals surface area contributed by atoms with E-state index in [-0.39, 0.29) is 0 Å². The molecule has 1 heterocycles. The maximum Gasteiger partial charge on any atom is 0.125 e. The van der Waals surface area contributed by atoms with Crippen LogP contribution in [0.25, 0.3) is 10.4 Å². The summed E-state index contributed by atoms with van der Waals surface area (Å²) in [6.45, 7) is 2.58. The summed E-state index contributed by atoms with van der Waals surface area (Å²) in [5.41, 5.74) is 8.01. The molecule has 0 saturated carbocycles. The van der Waals surface area contributed by atoms with Crippen LogP contribution in [0.4, 0.5) is 0 Å². The first-order valence-corrected chi connectivity index (χ1v) is 6.24.